The molecular weight excluding hydrogens is 286 g/mol. The molecule has 1 aromatic rings. The van der Waals surface area contributed by atoms with Gasteiger partial charge < -0.3 is 10.4 Å². The molecule has 2 N–H and O–H groups in total. The van der Waals surface area contributed by atoms with Crippen molar-refractivity contribution in [3.8, 4) is 0 Å². The van der Waals surface area contributed by atoms with E-state index in [1.165, 1.54) is 0 Å². The van der Waals surface area contributed by atoms with Gasteiger partial charge in [-0.15, -0.1) is 0 Å². The minimum Gasteiger partial charge on any atom is -0.393 e. The second-order valence-electron chi connectivity index (χ2n) is 5.91. The predicted molar refractivity (Wildman–Crippen MR) is 83.7 cm³/mol. The van der Waals surface area contributed by atoms with Crippen molar-refractivity contribution in [2.75, 3.05) is 6.54 Å². The van der Waals surface area contributed by atoms with Gasteiger partial charge in [0.25, 0.3) is 5.91 Å². The van der Waals surface area contributed by atoms with E-state index in [2.05, 4.69) is 5.32 Å². The molecule has 0 heterocycles. The number of hydrogen-bond acceptors (Lipinski definition) is 3. The van der Waals surface area contributed by atoms with E-state index in [4.69, 9.17) is 0 Å². The highest BCUT2D eigenvalue weighted by molar-refractivity contribution is 7.85. The highest BCUT2D eigenvalue weighted by Gasteiger charge is 2.23. The van der Waals surface area contributed by atoms with Crippen LogP contribution in [0.25, 0.3) is 0 Å². The summed E-state index contributed by atoms with van der Waals surface area (Å²) in [6.07, 6.45) is 2.36. The lowest BCUT2D eigenvalue weighted by molar-refractivity contribution is 0.0945. The molecule has 3 atom stereocenters. The molecule has 1 aliphatic carbocycles. The molecule has 1 aromatic carbocycles. The smallest absolute Gasteiger partial charge is 0.251 e. The van der Waals surface area contributed by atoms with Gasteiger partial charge in [0.05, 0.1) is 16.9 Å². The molecule has 2 rings (SSSR count). The van der Waals surface area contributed by atoms with Gasteiger partial charge in [0.1, 0.15) is 0 Å². The van der Waals surface area contributed by atoms with Crippen molar-refractivity contribution in [2.24, 2.45) is 5.92 Å². The molecule has 0 spiro atoms. The van der Waals surface area contributed by atoms with Crippen molar-refractivity contribution in [1.29, 1.82) is 0 Å². The Morgan fingerprint density at radius 2 is 2.00 bits per heavy atom. The molecule has 1 amide bonds. The van der Waals surface area contributed by atoms with E-state index in [9.17, 15) is 14.1 Å². The van der Waals surface area contributed by atoms with Crippen LogP contribution in [0.15, 0.2) is 29.2 Å². The summed E-state index contributed by atoms with van der Waals surface area (Å²) >= 11 is 0. The van der Waals surface area contributed by atoms with Crippen LogP contribution in [0.1, 0.15) is 43.5 Å². The normalized spacial score (nSPS) is 23.2. The molecule has 5 heteroatoms. The zero-order valence-electron chi connectivity index (χ0n) is 12.5. The number of carbonyl (C=O) groups is 1. The fourth-order valence-electron chi connectivity index (χ4n) is 2.59. The summed E-state index contributed by atoms with van der Waals surface area (Å²) < 4.78 is 11.9. The molecule has 1 aliphatic rings. The Hall–Kier alpha value is -1.20. The molecule has 0 saturated heterocycles. The fraction of sp³-hybridized carbons (Fsp3) is 0.562. The van der Waals surface area contributed by atoms with Crippen molar-refractivity contribution >= 4 is 16.7 Å². The first-order chi connectivity index (χ1) is 9.97. The van der Waals surface area contributed by atoms with Gasteiger partial charge in [-0.1, -0.05) is 13.8 Å². The number of carbonyl (C=O) groups excluding carboxylic acids is 1. The van der Waals surface area contributed by atoms with Crippen molar-refractivity contribution in [3.63, 3.8) is 0 Å². The lowest BCUT2D eigenvalue weighted by atomic mass is 10.1. The molecule has 4 nitrogen and oxygen atoms in total. The summed E-state index contributed by atoms with van der Waals surface area (Å²) in [7, 11) is -1.03. The number of aliphatic hydroxyl groups is 1. The Morgan fingerprint density at radius 1 is 1.33 bits per heavy atom. The maximum absolute atomic E-state index is 12.0. The molecule has 116 valence electrons. The number of aliphatic hydroxyl groups excluding tert-OH is 1. The Kier molecular flexibility index (Phi) is 5.53. The van der Waals surface area contributed by atoms with E-state index >= 15 is 0 Å². The largest absolute Gasteiger partial charge is 0.393 e. The third kappa shape index (κ3) is 4.38. The van der Waals surface area contributed by atoms with Crippen LogP contribution >= 0.6 is 0 Å². The molecule has 3 unspecified atom stereocenters. The van der Waals surface area contributed by atoms with Crippen LogP contribution in [-0.2, 0) is 10.8 Å². The second kappa shape index (κ2) is 7.18. The standard InChI is InChI=1S/C16H23NO3S/c1-11(2)21(20)15-7-4-13(5-8-15)16(19)17-10-12-3-6-14(18)9-12/h4-5,7-8,11-12,14,18H,3,6,9-10H2,1-2H3,(H,17,19). The Balaban J connectivity index is 1.89. The quantitative estimate of drug-likeness (QED) is 0.875. The van der Waals surface area contributed by atoms with Crippen LogP contribution in [0.5, 0.6) is 0 Å². The van der Waals surface area contributed by atoms with Crippen molar-refractivity contribution in [2.45, 2.75) is 49.4 Å². The number of hydrogen-bond donors (Lipinski definition) is 2. The topological polar surface area (TPSA) is 66.4 Å². The summed E-state index contributed by atoms with van der Waals surface area (Å²) in [6, 6.07) is 6.94. The van der Waals surface area contributed by atoms with Crippen LogP contribution in [-0.4, -0.2) is 33.1 Å². The summed E-state index contributed by atoms with van der Waals surface area (Å²) in [4.78, 5) is 12.8. The first-order valence-electron chi connectivity index (χ1n) is 7.44. The molecule has 1 fully saturated rings. The van der Waals surface area contributed by atoms with E-state index < -0.39 is 10.8 Å². The van der Waals surface area contributed by atoms with E-state index in [0.717, 1.165) is 24.2 Å². The molecule has 0 aliphatic heterocycles. The van der Waals surface area contributed by atoms with E-state index in [-0.39, 0.29) is 17.3 Å². The van der Waals surface area contributed by atoms with Crippen LogP contribution in [0.4, 0.5) is 0 Å². The lowest BCUT2D eigenvalue weighted by Crippen LogP contribution is -2.28. The van der Waals surface area contributed by atoms with Gasteiger partial charge in [-0.2, -0.15) is 0 Å². The van der Waals surface area contributed by atoms with Gasteiger partial charge in [-0.05, 0) is 49.4 Å². The molecule has 1 saturated carbocycles. The summed E-state index contributed by atoms with van der Waals surface area (Å²) in [5.74, 6) is 0.259. The van der Waals surface area contributed by atoms with Gasteiger partial charge >= 0.3 is 0 Å². The Morgan fingerprint density at radius 3 is 2.52 bits per heavy atom. The molecule has 0 radical (unpaired) electrons. The summed E-state index contributed by atoms with van der Waals surface area (Å²) in [5, 5.41) is 12.4. The average Bonchev–Trinajstić information content (AvgIpc) is 2.89. The van der Waals surface area contributed by atoms with E-state index in [0.29, 0.717) is 18.0 Å². The highest BCUT2D eigenvalue weighted by Crippen LogP contribution is 2.24. The first-order valence-corrected chi connectivity index (χ1v) is 8.65. The summed E-state index contributed by atoms with van der Waals surface area (Å²) in [5.41, 5.74) is 0.582. The second-order valence-corrected chi connectivity index (χ2v) is 7.92. The molecular formula is C16H23NO3S. The minimum atomic E-state index is -1.03. The van der Waals surface area contributed by atoms with Crippen LogP contribution in [0.2, 0.25) is 0 Å². The zero-order chi connectivity index (χ0) is 15.4. The Bertz CT molecular complexity index is 513. The molecule has 0 bridgehead atoms. The van der Waals surface area contributed by atoms with Gasteiger partial charge in [-0.3, -0.25) is 9.00 Å². The van der Waals surface area contributed by atoms with Crippen molar-refractivity contribution in [3.05, 3.63) is 29.8 Å². The number of benzene rings is 1. The highest BCUT2D eigenvalue weighted by atomic mass is 32.2. The van der Waals surface area contributed by atoms with Crippen LogP contribution in [0, 0.1) is 5.92 Å². The maximum Gasteiger partial charge on any atom is 0.251 e. The third-order valence-corrected chi connectivity index (χ3v) is 5.43. The SMILES string of the molecule is CC(C)S(=O)c1ccc(C(=O)NCC2CCC(O)C2)cc1. The lowest BCUT2D eigenvalue weighted by Gasteiger charge is -2.11. The van der Waals surface area contributed by atoms with Crippen molar-refractivity contribution in [1.82, 2.24) is 5.32 Å². The first kappa shape index (κ1) is 16.2. The summed E-state index contributed by atoms with van der Waals surface area (Å²) in [6.45, 7) is 4.43. The van der Waals surface area contributed by atoms with E-state index in [1.807, 2.05) is 13.8 Å². The van der Waals surface area contributed by atoms with E-state index in [1.54, 1.807) is 24.3 Å². The monoisotopic (exact) mass is 309 g/mol. The van der Waals surface area contributed by atoms with Gasteiger partial charge in [0.15, 0.2) is 0 Å². The Labute approximate surface area is 128 Å². The van der Waals surface area contributed by atoms with Gasteiger partial charge in [0.2, 0.25) is 0 Å². The van der Waals surface area contributed by atoms with Gasteiger partial charge in [-0.25, -0.2) is 0 Å². The number of rotatable bonds is 5. The zero-order valence-corrected chi connectivity index (χ0v) is 13.4. The fourth-order valence-corrected chi connectivity index (χ4v) is 3.53. The van der Waals surface area contributed by atoms with Crippen LogP contribution in [0.3, 0.4) is 0 Å². The maximum atomic E-state index is 12.0. The molecule has 0 aromatic heterocycles. The van der Waals surface area contributed by atoms with Crippen LogP contribution < -0.4 is 5.32 Å². The number of amides is 1. The van der Waals surface area contributed by atoms with Crippen molar-refractivity contribution < 1.29 is 14.1 Å². The van der Waals surface area contributed by atoms with Gasteiger partial charge in [0, 0.05) is 22.3 Å². The predicted octanol–water partition coefficient (Wildman–Crippen LogP) is 2.09. The minimum absolute atomic E-state index is 0.0680. The number of nitrogens with one attached hydrogen (secondary N) is 1. The average molecular weight is 309 g/mol. The molecule has 21 heavy (non-hydrogen) atoms. The third-order valence-electron chi connectivity index (χ3n) is 3.84.